The van der Waals surface area contributed by atoms with Crippen molar-refractivity contribution in [2.24, 2.45) is 0 Å². The van der Waals surface area contributed by atoms with Gasteiger partial charge in [-0.15, -0.1) is 0 Å². The van der Waals surface area contributed by atoms with Crippen LogP contribution in [0.15, 0.2) is 47.5 Å². The number of benzene rings is 1. The average Bonchev–Trinajstić information content (AvgIpc) is 2.55. The monoisotopic (exact) mass is 354 g/mol. The fourth-order valence-electron chi connectivity index (χ4n) is 1.88. The van der Waals surface area contributed by atoms with Gasteiger partial charge in [0, 0.05) is 24.9 Å². The molecule has 0 amide bonds. The van der Waals surface area contributed by atoms with Gasteiger partial charge < -0.3 is 4.74 Å². The first-order valence-corrected chi connectivity index (χ1v) is 8.57. The van der Waals surface area contributed by atoms with Crippen molar-refractivity contribution in [1.29, 1.82) is 0 Å². The topological polar surface area (TPSA) is 85.4 Å². The molecule has 6 nitrogen and oxygen atoms in total. The lowest BCUT2D eigenvalue weighted by molar-refractivity contribution is 0.0601. The minimum atomic E-state index is -3.72. The summed E-state index contributed by atoms with van der Waals surface area (Å²) in [4.78, 5) is 15.5. The van der Waals surface area contributed by atoms with Crippen LogP contribution in [0.1, 0.15) is 16.1 Å². The van der Waals surface area contributed by atoms with E-state index in [1.165, 1.54) is 25.3 Å². The van der Waals surface area contributed by atoms with E-state index in [0.29, 0.717) is 6.42 Å². The van der Waals surface area contributed by atoms with E-state index in [0.717, 1.165) is 5.69 Å². The number of aromatic nitrogens is 1. The summed E-state index contributed by atoms with van der Waals surface area (Å²) in [7, 11) is -2.49. The van der Waals surface area contributed by atoms with Gasteiger partial charge in [0.2, 0.25) is 10.0 Å². The molecule has 0 unspecified atom stereocenters. The van der Waals surface area contributed by atoms with Crippen molar-refractivity contribution in [3.8, 4) is 0 Å². The van der Waals surface area contributed by atoms with E-state index in [-0.39, 0.29) is 22.0 Å². The summed E-state index contributed by atoms with van der Waals surface area (Å²) in [5.41, 5.74) is 0.899. The van der Waals surface area contributed by atoms with Crippen LogP contribution in [0.2, 0.25) is 5.02 Å². The third-order valence-corrected chi connectivity index (χ3v) is 4.83. The van der Waals surface area contributed by atoms with E-state index < -0.39 is 16.0 Å². The fraction of sp³-hybridized carbons (Fsp3) is 0.200. The lowest BCUT2D eigenvalue weighted by atomic mass is 10.2. The van der Waals surface area contributed by atoms with Gasteiger partial charge in [0.15, 0.2) is 0 Å². The predicted octanol–water partition coefficient (Wildman–Crippen LogP) is 2.04. The molecular formula is C15H15ClN2O4S. The second-order valence-corrected chi connectivity index (χ2v) is 6.78. The summed E-state index contributed by atoms with van der Waals surface area (Å²) in [6, 6.07) is 9.29. The summed E-state index contributed by atoms with van der Waals surface area (Å²) >= 11 is 5.94. The molecule has 1 aromatic carbocycles. The molecule has 0 saturated carbocycles. The molecule has 23 heavy (non-hydrogen) atoms. The Morgan fingerprint density at radius 1 is 1.30 bits per heavy atom. The van der Waals surface area contributed by atoms with E-state index in [4.69, 9.17) is 11.6 Å². The maximum atomic E-state index is 12.2. The van der Waals surface area contributed by atoms with Crippen LogP contribution in [-0.2, 0) is 21.2 Å². The minimum absolute atomic E-state index is 0.0174. The van der Waals surface area contributed by atoms with Gasteiger partial charge in [-0.2, -0.15) is 0 Å². The molecule has 0 aliphatic rings. The predicted molar refractivity (Wildman–Crippen MR) is 85.9 cm³/mol. The van der Waals surface area contributed by atoms with Crippen LogP contribution in [0.25, 0.3) is 0 Å². The number of methoxy groups -OCH3 is 1. The summed E-state index contributed by atoms with van der Waals surface area (Å²) in [6.07, 6.45) is 2.11. The van der Waals surface area contributed by atoms with Crippen molar-refractivity contribution >= 4 is 27.6 Å². The van der Waals surface area contributed by atoms with E-state index in [9.17, 15) is 13.2 Å². The molecule has 0 bridgehead atoms. The molecule has 122 valence electrons. The van der Waals surface area contributed by atoms with Crippen molar-refractivity contribution in [1.82, 2.24) is 9.71 Å². The number of hydrogen-bond acceptors (Lipinski definition) is 5. The third-order valence-electron chi connectivity index (χ3n) is 3.06. The Kier molecular flexibility index (Phi) is 5.70. The fourth-order valence-corrected chi connectivity index (χ4v) is 3.26. The van der Waals surface area contributed by atoms with Gasteiger partial charge in [-0.3, -0.25) is 4.98 Å². The Labute approximate surface area is 139 Å². The highest BCUT2D eigenvalue weighted by Gasteiger charge is 2.18. The molecule has 2 aromatic rings. The number of hydrogen-bond donors (Lipinski definition) is 1. The van der Waals surface area contributed by atoms with Crippen molar-refractivity contribution in [3.63, 3.8) is 0 Å². The highest BCUT2D eigenvalue weighted by atomic mass is 35.5. The third kappa shape index (κ3) is 4.51. The van der Waals surface area contributed by atoms with Crippen LogP contribution in [0, 0.1) is 0 Å². The van der Waals surface area contributed by atoms with Crippen molar-refractivity contribution in [2.45, 2.75) is 11.3 Å². The van der Waals surface area contributed by atoms with Crippen molar-refractivity contribution < 1.29 is 17.9 Å². The van der Waals surface area contributed by atoms with E-state index in [1.54, 1.807) is 12.3 Å². The van der Waals surface area contributed by atoms with E-state index in [1.807, 2.05) is 12.1 Å². The molecular weight excluding hydrogens is 340 g/mol. The maximum Gasteiger partial charge on any atom is 0.339 e. The number of rotatable bonds is 6. The SMILES string of the molecule is COC(=O)c1ccc(S(=O)(=O)NCCc2ccccn2)cc1Cl. The molecule has 1 aromatic heterocycles. The zero-order valence-electron chi connectivity index (χ0n) is 12.3. The lowest BCUT2D eigenvalue weighted by Crippen LogP contribution is -2.26. The van der Waals surface area contributed by atoms with Crippen LogP contribution >= 0.6 is 11.6 Å². The average molecular weight is 355 g/mol. The number of halogens is 1. The quantitative estimate of drug-likeness (QED) is 0.802. The van der Waals surface area contributed by atoms with Gasteiger partial charge in [-0.25, -0.2) is 17.9 Å². The second-order valence-electron chi connectivity index (χ2n) is 4.60. The number of nitrogens with zero attached hydrogens (tertiary/aromatic N) is 1. The van der Waals surface area contributed by atoms with E-state index in [2.05, 4.69) is 14.4 Å². The molecule has 0 saturated heterocycles. The van der Waals surface area contributed by atoms with Crippen molar-refractivity contribution in [3.05, 3.63) is 58.9 Å². The van der Waals surface area contributed by atoms with Crippen molar-refractivity contribution in [2.75, 3.05) is 13.7 Å². The Bertz CT molecular complexity index is 794. The normalized spacial score (nSPS) is 11.2. The second kappa shape index (κ2) is 7.54. The molecule has 1 heterocycles. The smallest absolute Gasteiger partial charge is 0.339 e. The number of nitrogens with one attached hydrogen (secondary N) is 1. The first kappa shape index (κ1) is 17.4. The Morgan fingerprint density at radius 2 is 2.09 bits per heavy atom. The van der Waals surface area contributed by atoms with Crippen LogP contribution < -0.4 is 4.72 Å². The number of carbonyl (C=O) groups excluding carboxylic acids is 1. The zero-order valence-corrected chi connectivity index (χ0v) is 13.9. The van der Waals surface area contributed by atoms with Crippen LogP contribution in [0.3, 0.4) is 0 Å². The van der Waals surface area contributed by atoms with Gasteiger partial charge in [0.1, 0.15) is 0 Å². The maximum absolute atomic E-state index is 12.2. The van der Waals surface area contributed by atoms with Crippen LogP contribution in [0.5, 0.6) is 0 Å². The first-order valence-electron chi connectivity index (χ1n) is 6.71. The molecule has 1 N–H and O–H groups in total. The number of esters is 1. The Hall–Kier alpha value is -1.96. The number of pyridine rings is 1. The molecule has 8 heteroatoms. The zero-order chi connectivity index (χ0) is 16.9. The lowest BCUT2D eigenvalue weighted by Gasteiger charge is -2.08. The summed E-state index contributed by atoms with van der Waals surface area (Å²) in [6.45, 7) is 0.204. The van der Waals surface area contributed by atoms with Crippen LogP contribution in [0.4, 0.5) is 0 Å². The molecule has 0 fully saturated rings. The van der Waals surface area contributed by atoms with Gasteiger partial charge in [0.05, 0.1) is 22.6 Å². The highest BCUT2D eigenvalue weighted by Crippen LogP contribution is 2.21. The Balaban J connectivity index is 2.07. The molecule has 0 spiro atoms. The molecule has 0 radical (unpaired) electrons. The Morgan fingerprint density at radius 3 is 2.70 bits per heavy atom. The van der Waals surface area contributed by atoms with Crippen LogP contribution in [-0.4, -0.2) is 33.0 Å². The largest absolute Gasteiger partial charge is 0.465 e. The standard InChI is InChI=1S/C15H15ClN2O4S/c1-22-15(19)13-6-5-12(10-14(13)16)23(20,21)18-9-7-11-4-2-3-8-17-11/h2-6,8,10,18H,7,9H2,1H3. The number of carbonyl (C=O) groups is 1. The first-order chi connectivity index (χ1) is 10.9. The summed E-state index contributed by atoms with van der Waals surface area (Å²) in [5, 5.41) is 0.0180. The van der Waals surface area contributed by atoms with Gasteiger partial charge >= 0.3 is 5.97 Å². The summed E-state index contributed by atoms with van der Waals surface area (Å²) < 4.78 is 31.5. The van der Waals surface area contributed by atoms with Gasteiger partial charge in [-0.1, -0.05) is 17.7 Å². The molecule has 0 aliphatic carbocycles. The molecule has 0 atom stereocenters. The minimum Gasteiger partial charge on any atom is -0.465 e. The number of ether oxygens (including phenoxy) is 1. The highest BCUT2D eigenvalue weighted by molar-refractivity contribution is 7.89. The molecule has 2 rings (SSSR count). The van der Waals surface area contributed by atoms with Gasteiger partial charge in [-0.05, 0) is 30.3 Å². The molecule has 0 aliphatic heterocycles. The van der Waals surface area contributed by atoms with Gasteiger partial charge in [0.25, 0.3) is 0 Å². The van der Waals surface area contributed by atoms with E-state index >= 15 is 0 Å². The number of sulfonamides is 1. The summed E-state index contributed by atoms with van der Waals surface area (Å²) in [5.74, 6) is -0.623.